The molecule has 4 atom stereocenters. The summed E-state index contributed by atoms with van der Waals surface area (Å²) in [5, 5.41) is 2.87. The van der Waals surface area contributed by atoms with Crippen LogP contribution in [0.4, 0.5) is 5.82 Å². The number of ether oxygens (including phenoxy) is 4. The van der Waals surface area contributed by atoms with Crippen LogP contribution in [0, 0.1) is 20.8 Å². The van der Waals surface area contributed by atoms with Crippen LogP contribution in [0.25, 0.3) is 11.2 Å². The first-order valence-corrected chi connectivity index (χ1v) is 23.7. The van der Waals surface area contributed by atoms with Crippen LogP contribution in [0.1, 0.15) is 66.7 Å². The third-order valence-corrected chi connectivity index (χ3v) is 12.8. The Labute approximate surface area is 376 Å². The van der Waals surface area contributed by atoms with E-state index in [0.29, 0.717) is 33.8 Å². The maximum Gasteiger partial charge on any atom is 0.343 e. The number of amides is 1. The van der Waals surface area contributed by atoms with E-state index in [1.807, 2.05) is 118 Å². The third-order valence-electron chi connectivity index (χ3n) is 11.2. The number of aromatic nitrogens is 4. The van der Waals surface area contributed by atoms with Crippen LogP contribution in [-0.4, -0.2) is 71.1 Å². The van der Waals surface area contributed by atoms with Crippen molar-refractivity contribution in [3.63, 3.8) is 0 Å². The molecule has 0 spiro atoms. The maximum absolute atomic E-state index is 13.8. The van der Waals surface area contributed by atoms with Gasteiger partial charge in [-0.1, -0.05) is 90.5 Å². The lowest BCUT2D eigenvalue weighted by Gasteiger charge is -2.37. The minimum atomic E-state index is -3.29. The Kier molecular flexibility index (Phi) is 13.0. The molecule has 13 nitrogen and oxygen atoms in total. The van der Waals surface area contributed by atoms with Gasteiger partial charge in [0.05, 0.1) is 38.8 Å². The summed E-state index contributed by atoms with van der Waals surface area (Å²) < 4.78 is 39.9. The van der Waals surface area contributed by atoms with Crippen molar-refractivity contribution in [2.75, 3.05) is 32.8 Å². The molecule has 1 fully saturated rings. The fourth-order valence-corrected chi connectivity index (χ4v) is 9.99. The lowest BCUT2D eigenvalue weighted by molar-refractivity contribution is -0.0901. The number of rotatable bonds is 15. The molecule has 0 unspecified atom stereocenters. The first-order valence-electron chi connectivity index (χ1n) is 20.6. The molecular formula is C49H48N5O8PS. The zero-order valence-electron chi connectivity index (χ0n) is 36.3. The molecule has 15 heteroatoms. The van der Waals surface area contributed by atoms with Gasteiger partial charge < -0.3 is 33.3 Å². The molecule has 1 aliphatic rings. The predicted molar refractivity (Wildman–Crippen MR) is 248 cm³/mol. The molecule has 1 aliphatic heterocycles. The Morgan fingerprint density at radius 2 is 1.39 bits per heavy atom. The van der Waals surface area contributed by atoms with Crippen molar-refractivity contribution >= 4 is 47.2 Å². The van der Waals surface area contributed by atoms with E-state index in [4.69, 9.17) is 39.8 Å². The van der Waals surface area contributed by atoms with E-state index in [1.54, 1.807) is 56.0 Å². The molecule has 64 heavy (non-hydrogen) atoms. The van der Waals surface area contributed by atoms with E-state index >= 15 is 0 Å². The van der Waals surface area contributed by atoms with E-state index < -0.39 is 36.5 Å². The molecule has 2 aromatic heterocycles. The molecule has 1 amide bonds. The number of hydrogen-bond acceptors (Lipinski definition) is 12. The van der Waals surface area contributed by atoms with Crippen molar-refractivity contribution in [3.05, 3.63) is 178 Å². The number of methoxy groups -OCH3 is 2. The molecule has 0 radical (unpaired) electrons. The van der Waals surface area contributed by atoms with Crippen molar-refractivity contribution in [3.8, 4) is 11.5 Å². The quantitative estimate of drug-likeness (QED) is 0.0773. The van der Waals surface area contributed by atoms with Crippen LogP contribution in [0.5, 0.6) is 11.5 Å². The number of hydrogen-bond donors (Lipinski definition) is 1. The molecule has 1 saturated heterocycles. The smallest absolute Gasteiger partial charge is 0.343 e. The average molecular weight is 898 g/mol. The third kappa shape index (κ3) is 9.19. The number of anilines is 1. The van der Waals surface area contributed by atoms with E-state index in [2.05, 4.69) is 20.3 Å². The van der Waals surface area contributed by atoms with Gasteiger partial charge >= 0.3 is 5.97 Å². The number of nitrogens with one attached hydrogen (secondary N) is 1. The van der Waals surface area contributed by atoms with Crippen LogP contribution < -0.4 is 14.8 Å². The minimum Gasteiger partial charge on any atom is -0.497 e. The first-order chi connectivity index (χ1) is 30.9. The molecule has 328 valence electrons. The zero-order valence-corrected chi connectivity index (χ0v) is 38.0. The summed E-state index contributed by atoms with van der Waals surface area (Å²) in [6.07, 6.45) is 1.02. The number of aryl methyl sites for hydroxylation is 3. The number of fused-ring (bicyclic) bond motifs is 1. The molecular weight excluding hydrogens is 850 g/mol. The second-order valence-electron chi connectivity index (χ2n) is 15.6. The average Bonchev–Trinajstić information content (AvgIpc) is 3.91. The summed E-state index contributed by atoms with van der Waals surface area (Å²) >= 11 is 6.02. The summed E-state index contributed by atoms with van der Waals surface area (Å²) in [4.78, 5) is 40.5. The largest absolute Gasteiger partial charge is 0.497 e. The second kappa shape index (κ2) is 18.8. The summed E-state index contributed by atoms with van der Waals surface area (Å²) in [5.74, 6) is 0.734. The van der Waals surface area contributed by atoms with Gasteiger partial charge in [-0.05, 0) is 96.8 Å². The summed E-state index contributed by atoms with van der Waals surface area (Å²) in [6.45, 7) is 4.08. The Balaban J connectivity index is 1.16. The highest BCUT2D eigenvalue weighted by atomic mass is 32.5. The topological polar surface area (TPSA) is 145 Å². The van der Waals surface area contributed by atoms with E-state index in [0.717, 1.165) is 33.4 Å². The standard InChI is InChI=1S/C49H48N5O8PS/c1-31-25-32(2)43(33(3)26-31)48(56)62-63(6,64)61-40-27-42(54-30-52-44-45(50-29-51-46(44)54)53-47(55)34-13-9-7-10-14-34)60-41(40)28-59-49(35-15-11-8-12-16-35,36-17-21-38(57-4)22-18-36)37-19-23-39(58-5)24-20-37/h7-26,29-30,40-42H,27-28H2,1-6H3,(H,50,51,53,55)/t40-,41+,42+,63+/m0/s1. The Hall–Kier alpha value is -6.28. The minimum absolute atomic E-state index is 0.00637. The van der Waals surface area contributed by atoms with Crippen LogP contribution >= 0.6 is 6.49 Å². The number of nitrogens with zero attached hydrogens (tertiary/aromatic N) is 4. The number of benzene rings is 5. The lowest BCUT2D eigenvalue weighted by atomic mass is 9.80. The molecule has 8 rings (SSSR count). The molecule has 0 saturated carbocycles. The summed E-state index contributed by atoms with van der Waals surface area (Å²) in [5.41, 5.74) is 5.67. The van der Waals surface area contributed by atoms with Crippen LogP contribution in [-0.2, 0) is 35.9 Å². The fraction of sp³-hybridized carbons (Fsp3) is 0.245. The van der Waals surface area contributed by atoms with Crippen molar-refractivity contribution < 1.29 is 37.6 Å². The highest BCUT2D eigenvalue weighted by Crippen LogP contribution is 2.51. The summed E-state index contributed by atoms with van der Waals surface area (Å²) in [6, 6.07) is 38.2. The number of imidazole rings is 1. The summed E-state index contributed by atoms with van der Waals surface area (Å²) in [7, 11) is 3.25. The van der Waals surface area contributed by atoms with Crippen LogP contribution in [0.2, 0.25) is 0 Å². The highest BCUT2D eigenvalue weighted by molar-refractivity contribution is 8.09. The van der Waals surface area contributed by atoms with Gasteiger partial charge in [0.15, 0.2) is 17.0 Å². The SMILES string of the molecule is COc1ccc(C(OC[C@H]2O[C@@H](n3cnc4c(NC(=O)c5ccccc5)ncnc43)C[C@@H]2O[P@@](C)(=S)OC(=O)c2c(C)cc(C)cc2C)(c2ccccc2)c2ccc(OC)cc2)cc1. The van der Waals surface area contributed by atoms with Gasteiger partial charge in [0, 0.05) is 18.6 Å². The Morgan fingerprint density at radius 3 is 1.98 bits per heavy atom. The molecule has 3 heterocycles. The predicted octanol–water partition coefficient (Wildman–Crippen LogP) is 9.50. The monoisotopic (exact) mass is 897 g/mol. The van der Waals surface area contributed by atoms with Gasteiger partial charge in [-0.25, -0.2) is 19.7 Å². The van der Waals surface area contributed by atoms with Crippen molar-refractivity contribution in [2.24, 2.45) is 0 Å². The first kappa shape index (κ1) is 44.3. The van der Waals surface area contributed by atoms with Crippen molar-refractivity contribution in [2.45, 2.75) is 51.2 Å². The van der Waals surface area contributed by atoms with Crippen molar-refractivity contribution in [1.29, 1.82) is 0 Å². The molecule has 7 aromatic rings. The van der Waals surface area contributed by atoms with E-state index in [-0.39, 0.29) is 24.8 Å². The number of carbonyl (C=O) groups is 2. The van der Waals surface area contributed by atoms with E-state index in [9.17, 15) is 9.59 Å². The molecule has 0 bridgehead atoms. The van der Waals surface area contributed by atoms with Gasteiger partial charge in [0.25, 0.3) is 5.91 Å². The van der Waals surface area contributed by atoms with Gasteiger partial charge in [-0.3, -0.25) is 9.36 Å². The maximum atomic E-state index is 13.8. The van der Waals surface area contributed by atoms with Gasteiger partial charge in [-0.2, -0.15) is 0 Å². The second-order valence-corrected chi connectivity index (χ2v) is 19.5. The lowest BCUT2D eigenvalue weighted by Crippen LogP contribution is -2.38. The van der Waals surface area contributed by atoms with Crippen molar-refractivity contribution in [1.82, 2.24) is 19.5 Å². The van der Waals surface area contributed by atoms with Crippen LogP contribution in [0.3, 0.4) is 0 Å². The van der Waals surface area contributed by atoms with Gasteiger partial charge in [-0.15, -0.1) is 0 Å². The molecule has 0 aliphatic carbocycles. The van der Waals surface area contributed by atoms with E-state index in [1.165, 1.54) is 6.33 Å². The Morgan fingerprint density at radius 1 is 0.812 bits per heavy atom. The number of carbonyl (C=O) groups excluding carboxylic acids is 2. The highest BCUT2D eigenvalue weighted by Gasteiger charge is 2.45. The molecule has 1 N–H and O–H groups in total. The zero-order chi connectivity index (χ0) is 45.0. The van der Waals surface area contributed by atoms with Gasteiger partial charge in [0.2, 0.25) is 6.49 Å². The van der Waals surface area contributed by atoms with Gasteiger partial charge in [0.1, 0.15) is 35.8 Å². The normalized spacial score (nSPS) is 17.1. The fourth-order valence-electron chi connectivity index (χ4n) is 8.30. The molecule has 5 aromatic carbocycles. The Bertz CT molecular complexity index is 2750. The van der Waals surface area contributed by atoms with Crippen LogP contribution in [0.15, 0.2) is 134 Å².